The molecule has 49 heavy (non-hydrogen) atoms. The topological polar surface area (TPSA) is 52.6 Å². The van der Waals surface area contributed by atoms with Gasteiger partial charge in [0.05, 0.1) is 11.1 Å². The molecule has 4 aliphatic carbocycles. The van der Waals surface area contributed by atoms with Crippen molar-refractivity contribution in [1.82, 2.24) is 0 Å². The van der Waals surface area contributed by atoms with Crippen molar-refractivity contribution in [3.05, 3.63) is 109 Å². The van der Waals surface area contributed by atoms with Crippen LogP contribution in [-0.4, -0.2) is 24.1 Å². The van der Waals surface area contributed by atoms with Crippen molar-refractivity contribution >= 4 is 49.4 Å². The molecule has 0 saturated heterocycles. The number of carbonyl (C=O) groups excluding carboxylic acids is 2. The Hall–Kier alpha value is -2.70. The Labute approximate surface area is 308 Å². The summed E-state index contributed by atoms with van der Waals surface area (Å²) in [7, 11) is 0. The maximum Gasteiger partial charge on any atom is 0.338 e. The Morgan fingerprint density at radius 2 is 1.35 bits per heavy atom. The van der Waals surface area contributed by atoms with Crippen LogP contribution in [0.25, 0.3) is 5.57 Å². The molecule has 0 heterocycles. The van der Waals surface area contributed by atoms with E-state index in [2.05, 4.69) is 98.5 Å². The van der Waals surface area contributed by atoms with Crippen LogP contribution in [0.3, 0.4) is 0 Å². The summed E-state index contributed by atoms with van der Waals surface area (Å²) in [6.07, 6.45) is 7.43. The van der Waals surface area contributed by atoms with Crippen LogP contribution in [0.15, 0.2) is 75.7 Å². The van der Waals surface area contributed by atoms with Gasteiger partial charge >= 0.3 is 11.9 Å². The summed E-state index contributed by atoms with van der Waals surface area (Å²) in [4.78, 5) is 27.5. The van der Waals surface area contributed by atoms with Crippen LogP contribution in [0, 0.1) is 47.3 Å². The minimum atomic E-state index is -0.595. The molecule has 4 nitrogen and oxygen atoms in total. The molecule has 4 aliphatic rings. The first-order chi connectivity index (χ1) is 23.1. The fourth-order valence-electron chi connectivity index (χ4n) is 11.1. The predicted molar refractivity (Wildman–Crippen MR) is 202 cm³/mol. The number of allylic oxidation sites excluding steroid dienone is 2. The van der Waals surface area contributed by atoms with E-state index in [9.17, 15) is 9.59 Å². The zero-order valence-electron chi connectivity index (χ0n) is 29.8. The summed E-state index contributed by atoms with van der Waals surface area (Å²) in [5.41, 5.74) is 7.80. The van der Waals surface area contributed by atoms with Gasteiger partial charge in [0.2, 0.25) is 0 Å². The maximum atomic E-state index is 13.8. The third-order valence-electron chi connectivity index (χ3n) is 14.0. The lowest BCUT2D eigenvalue weighted by Gasteiger charge is -2.70. The van der Waals surface area contributed by atoms with Gasteiger partial charge < -0.3 is 9.47 Å². The molecular formula is C43H48Br2O4. The van der Waals surface area contributed by atoms with Crippen molar-refractivity contribution < 1.29 is 19.1 Å². The SMILES string of the molecule is Cc1ccc2c(c1C)C1=CC[C@@H]3[C@@]4(C)C[C@@H](OC(=O)c5ccc(Br)cc5)[C@H](OC(=O)c5ccc(Br)cc5)C(C)(C)[C@@H]4CC[C@@]3(C)[C@]1(C)CC2. The summed E-state index contributed by atoms with van der Waals surface area (Å²) in [5.74, 6) is -0.104. The molecule has 2 saturated carbocycles. The second-order valence-corrected chi connectivity index (χ2v) is 18.4. The van der Waals surface area contributed by atoms with E-state index in [-0.39, 0.29) is 34.1 Å². The third-order valence-corrected chi connectivity index (χ3v) is 15.0. The van der Waals surface area contributed by atoms with Crippen LogP contribution < -0.4 is 0 Å². The van der Waals surface area contributed by atoms with Gasteiger partial charge in [-0.2, -0.15) is 0 Å². The second kappa shape index (κ2) is 12.2. The van der Waals surface area contributed by atoms with Gasteiger partial charge in [0.15, 0.2) is 0 Å². The van der Waals surface area contributed by atoms with E-state index >= 15 is 0 Å². The number of carbonyl (C=O) groups is 2. The van der Waals surface area contributed by atoms with Gasteiger partial charge in [0.1, 0.15) is 12.2 Å². The first-order valence-corrected chi connectivity index (χ1v) is 19.4. The lowest BCUT2D eigenvalue weighted by atomic mass is 9.35. The molecule has 3 aromatic carbocycles. The smallest absolute Gasteiger partial charge is 0.338 e. The molecule has 0 aromatic heterocycles. The van der Waals surface area contributed by atoms with E-state index < -0.39 is 17.6 Å². The number of hydrogen-bond acceptors (Lipinski definition) is 4. The normalized spacial score (nSPS) is 32.8. The number of benzene rings is 3. The highest BCUT2D eigenvalue weighted by molar-refractivity contribution is 9.10. The molecule has 0 bridgehead atoms. The van der Waals surface area contributed by atoms with Gasteiger partial charge in [0, 0.05) is 14.4 Å². The summed E-state index contributed by atoms with van der Waals surface area (Å²) >= 11 is 6.96. The largest absolute Gasteiger partial charge is 0.455 e. The van der Waals surface area contributed by atoms with Crippen LogP contribution >= 0.6 is 31.9 Å². The molecule has 2 fully saturated rings. The Morgan fingerprint density at radius 1 is 0.755 bits per heavy atom. The van der Waals surface area contributed by atoms with E-state index in [0.717, 1.165) is 41.0 Å². The van der Waals surface area contributed by atoms with E-state index in [0.29, 0.717) is 23.5 Å². The monoisotopic (exact) mass is 786 g/mol. The molecule has 0 radical (unpaired) electrons. The molecule has 0 aliphatic heterocycles. The predicted octanol–water partition coefficient (Wildman–Crippen LogP) is 11.5. The van der Waals surface area contributed by atoms with Gasteiger partial charge in [-0.1, -0.05) is 84.7 Å². The first kappa shape index (κ1) is 34.7. The molecular weight excluding hydrogens is 740 g/mol. The number of hydrogen-bond donors (Lipinski definition) is 0. The van der Waals surface area contributed by atoms with Gasteiger partial charge in [-0.3, -0.25) is 0 Å². The fraction of sp³-hybridized carbons (Fsp3) is 0.488. The second-order valence-electron chi connectivity index (χ2n) is 16.6. The van der Waals surface area contributed by atoms with Crippen molar-refractivity contribution in [2.75, 3.05) is 0 Å². The quantitative estimate of drug-likeness (QED) is 0.247. The van der Waals surface area contributed by atoms with Crippen LogP contribution in [0.4, 0.5) is 0 Å². The van der Waals surface area contributed by atoms with Crippen molar-refractivity contribution in [2.45, 2.75) is 99.2 Å². The van der Waals surface area contributed by atoms with Gasteiger partial charge in [-0.05, 0) is 157 Å². The van der Waals surface area contributed by atoms with Crippen molar-refractivity contribution in [3.8, 4) is 0 Å². The van der Waals surface area contributed by atoms with Gasteiger partial charge in [0.25, 0.3) is 0 Å². The number of halogens is 2. The molecule has 258 valence electrons. The number of esters is 2. The fourth-order valence-corrected chi connectivity index (χ4v) is 11.7. The summed E-state index contributed by atoms with van der Waals surface area (Å²) in [6.45, 7) is 16.6. The minimum Gasteiger partial charge on any atom is -0.455 e. The molecule has 0 amide bonds. The Bertz CT molecular complexity index is 1840. The standard InChI is InChI=1S/C43H48Br2O4/c1-25-8-9-27-20-22-42(6)32(36(27)26(25)2)18-19-35-41(5)24-33(48-38(46)28-10-14-30(44)15-11-28)37(40(3,4)34(41)21-23-43(35,42)7)49-39(47)29-12-16-31(45)17-13-29/h8-18,33-35,37H,19-24H2,1-7H3/t33-,34+,35-,37+,41+,42-,43-/m1/s1. The van der Waals surface area contributed by atoms with E-state index in [1.54, 1.807) is 29.8 Å². The highest BCUT2D eigenvalue weighted by atomic mass is 79.9. The number of ether oxygens (including phenoxy) is 2. The zero-order valence-corrected chi connectivity index (χ0v) is 33.0. The average molecular weight is 789 g/mol. The summed E-state index contributed by atoms with van der Waals surface area (Å²) in [5, 5.41) is 0. The molecule has 7 atom stereocenters. The van der Waals surface area contributed by atoms with Crippen LogP contribution in [0.1, 0.15) is 110 Å². The van der Waals surface area contributed by atoms with Crippen molar-refractivity contribution in [1.29, 1.82) is 0 Å². The van der Waals surface area contributed by atoms with E-state index in [4.69, 9.17) is 9.47 Å². The molecule has 0 unspecified atom stereocenters. The summed E-state index contributed by atoms with van der Waals surface area (Å²) in [6, 6.07) is 19.2. The lowest BCUT2D eigenvalue weighted by Crippen LogP contribution is -2.66. The van der Waals surface area contributed by atoms with Gasteiger partial charge in [-0.25, -0.2) is 9.59 Å². The Kier molecular flexibility index (Phi) is 8.66. The number of aryl methyl sites for hydroxylation is 2. The molecule has 7 rings (SSSR count). The van der Waals surface area contributed by atoms with Crippen molar-refractivity contribution in [3.63, 3.8) is 0 Å². The average Bonchev–Trinajstić information content (AvgIpc) is 3.05. The third kappa shape index (κ3) is 5.41. The highest BCUT2D eigenvalue weighted by Gasteiger charge is 2.68. The lowest BCUT2D eigenvalue weighted by molar-refractivity contribution is -0.224. The molecule has 3 aromatic rings. The van der Waals surface area contributed by atoms with E-state index in [1.807, 2.05) is 24.3 Å². The number of fused-ring (bicyclic) bond motifs is 7. The molecule has 0 N–H and O–H groups in total. The highest BCUT2D eigenvalue weighted by Crippen LogP contribution is 2.74. The zero-order chi connectivity index (χ0) is 35.1. The van der Waals surface area contributed by atoms with Crippen LogP contribution in [-0.2, 0) is 15.9 Å². The van der Waals surface area contributed by atoms with Crippen molar-refractivity contribution in [2.24, 2.45) is 33.5 Å². The molecule has 6 heteroatoms. The summed E-state index contributed by atoms with van der Waals surface area (Å²) < 4.78 is 14.8. The molecule has 0 spiro atoms. The Balaban J connectivity index is 1.29. The van der Waals surface area contributed by atoms with Crippen LogP contribution in [0.5, 0.6) is 0 Å². The van der Waals surface area contributed by atoms with E-state index in [1.165, 1.54) is 22.3 Å². The minimum absolute atomic E-state index is 0.0358. The first-order valence-electron chi connectivity index (χ1n) is 17.8. The maximum absolute atomic E-state index is 13.8. The van der Waals surface area contributed by atoms with Crippen LogP contribution in [0.2, 0.25) is 0 Å². The number of rotatable bonds is 4. The Morgan fingerprint density at radius 3 is 1.96 bits per heavy atom. The van der Waals surface area contributed by atoms with Gasteiger partial charge in [-0.15, -0.1) is 0 Å².